The highest BCUT2D eigenvalue weighted by Gasteiger charge is 2.16. The molecule has 4 nitrogen and oxygen atoms in total. The molecule has 0 bridgehead atoms. The maximum absolute atomic E-state index is 13.6. The number of aromatic nitrogens is 4. The van der Waals surface area contributed by atoms with E-state index in [0.29, 0.717) is 17.9 Å². The normalized spacial score (nSPS) is 13.0. The Hall–Kier alpha value is -1.59. The summed E-state index contributed by atoms with van der Waals surface area (Å²) in [4.78, 5) is 8.43. The minimum absolute atomic E-state index is 0.0834. The van der Waals surface area contributed by atoms with E-state index in [0.717, 1.165) is 12.1 Å². The van der Waals surface area contributed by atoms with E-state index in [1.165, 1.54) is 6.07 Å². The second kappa shape index (κ2) is 5.66. The molecule has 0 aliphatic rings. The van der Waals surface area contributed by atoms with Gasteiger partial charge in [-0.3, -0.25) is 0 Å². The number of benzene rings is 1. The minimum Gasteiger partial charge on any atom is -0.336 e. The van der Waals surface area contributed by atoms with Crippen LogP contribution in [-0.4, -0.2) is 19.1 Å². The van der Waals surface area contributed by atoms with Crippen LogP contribution >= 0.6 is 23.2 Å². The van der Waals surface area contributed by atoms with Crippen molar-refractivity contribution in [3.05, 3.63) is 47.5 Å². The van der Waals surface area contributed by atoms with Gasteiger partial charge in [0.15, 0.2) is 0 Å². The summed E-state index contributed by atoms with van der Waals surface area (Å²) in [5, 5.41) is -0.193. The summed E-state index contributed by atoms with van der Waals surface area (Å²) in [6.07, 6.45) is 5.36. The van der Waals surface area contributed by atoms with Crippen LogP contribution in [0, 0.1) is 5.82 Å². The van der Waals surface area contributed by atoms with Crippen LogP contribution in [0.5, 0.6) is 0 Å². The van der Waals surface area contributed by atoms with Crippen molar-refractivity contribution < 1.29 is 4.39 Å². The van der Waals surface area contributed by atoms with Crippen LogP contribution < -0.4 is 0 Å². The molecule has 0 saturated heterocycles. The molecule has 3 rings (SSSR count). The van der Waals surface area contributed by atoms with Crippen LogP contribution in [0.2, 0.25) is 5.02 Å². The second-order valence-electron chi connectivity index (χ2n) is 4.79. The number of halogens is 3. The quantitative estimate of drug-likeness (QED) is 0.679. The fourth-order valence-electron chi connectivity index (χ4n) is 2.31. The molecule has 1 unspecified atom stereocenters. The Balaban J connectivity index is 2.04. The van der Waals surface area contributed by atoms with Crippen molar-refractivity contribution in [3.8, 4) is 0 Å². The summed E-state index contributed by atoms with van der Waals surface area (Å²) in [7, 11) is 0. The summed E-state index contributed by atoms with van der Waals surface area (Å²) in [5.41, 5.74) is 1.34. The molecule has 21 heavy (non-hydrogen) atoms. The summed E-state index contributed by atoms with van der Waals surface area (Å²) < 4.78 is 17.5. The lowest BCUT2D eigenvalue weighted by Crippen LogP contribution is -2.09. The van der Waals surface area contributed by atoms with Gasteiger partial charge in [0.2, 0.25) is 0 Å². The largest absolute Gasteiger partial charge is 0.336 e. The van der Waals surface area contributed by atoms with Crippen LogP contribution in [0.4, 0.5) is 4.39 Å². The first-order valence-electron chi connectivity index (χ1n) is 6.51. The third kappa shape index (κ3) is 2.76. The molecule has 0 aliphatic heterocycles. The Morgan fingerprint density at radius 3 is 2.81 bits per heavy atom. The predicted octanol–water partition coefficient (Wildman–Crippen LogP) is 4.03. The molecule has 2 aromatic heterocycles. The predicted molar refractivity (Wildman–Crippen MR) is 81.2 cm³/mol. The van der Waals surface area contributed by atoms with Crippen molar-refractivity contribution in [2.45, 2.75) is 25.4 Å². The first-order valence-corrected chi connectivity index (χ1v) is 7.32. The number of alkyl halides is 1. The van der Waals surface area contributed by atoms with Gasteiger partial charge >= 0.3 is 0 Å². The molecule has 0 saturated carbocycles. The number of aryl methyl sites for hydroxylation is 2. The number of imidazole rings is 2. The van der Waals surface area contributed by atoms with Crippen LogP contribution in [0.1, 0.15) is 18.1 Å². The van der Waals surface area contributed by atoms with E-state index >= 15 is 0 Å². The van der Waals surface area contributed by atoms with Gasteiger partial charge in [-0.1, -0.05) is 11.6 Å². The van der Waals surface area contributed by atoms with Gasteiger partial charge in [-0.05, 0) is 13.0 Å². The first kappa shape index (κ1) is 14.4. The molecular weight excluding hydrogens is 314 g/mol. The maximum Gasteiger partial charge on any atom is 0.144 e. The monoisotopic (exact) mass is 326 g/mol. The lowest BCUT2D eigenvalue weighted by molar-refractivity contribution is 0.569. The summed E-state index contributed by atoms with van der Waals surface area (Å²) in [5.74, 6) is 0.227. The van der Waals surface area contributed by atoms with E-state index in [4.69, 9.17) is 23.2 Å². The van der Waals surface area contributed by atoms with Gasteiger partial charge in [-0.15, -0.1) is 11.6 Å². The first-order chi connectivity index (χ1) is 10.1. The average molecular weight is 327 g/mol. The van der Waals surface area contributed by atoms with Gasteiger partial charge < -0.3 is 9.13 Å². The van der Waals surface area contributed by atoms with Crippen LogP contribution in [0.25, 0.3) is 11.0 Å². The smallest absolute Gasteiger partial charge is 0.144 e. The van der Waals surface area contributed by atoms with Crippen molar-refractivity contribution in [3.63, 3.8) is 0 Å². The standard InChI is InChI=1S/C14H13Cl2FN4/c1-9(15)14-19-12-7-11(17)10(16)6-13(12)21(14)5-4-20-3-2-18-8-20/h2-3,6-9H,4-5H2,1H3. The Labute approximate surface area is 131 Å². The molecule has 0 fully saturated rings. The maximum atomic E-state index is 13.6. The van der Waals surface area contributed by atoms with Crippen LogP contribution in [0.3, 0.4) is 0 Å². The number of fused-ring (bicyclic) bond motifs is 1. The second-order valence-corrected chi connectivity index (χ2v) is 5.86. The highest BCUT2D eigenvalue weighted by Crippen LogP contribution is 2.28. The molecule has 2 heterocycles. The van der Waals surface area contributed by atoms with Crippen molar-refractivity contribution in [2.75, 3.05) is 0 Å². The lowest BCUT2D eigenvalue weighted by Gasteiger charge is -2.11. The molecule has 0 radical (unpaired) electrons. The molecule has 1 atom stereocenters. The fraction of sp³-hybridized carbons (Fsp3) is 0.286. The Bertz CT molecular complexity index is 765. The van der Waals surface area contributed by atoms with Crippen molar-refractivity contribution in [1.82, 2.24) is 19.1 Å². The van der Waals surface area contributed by atoms with Gasteiger partial charge in [0, 0.05) is 31.5 Å². The highest BCUT2D eigenvalue weighted by atomic mass is 35.5. The summed E-state index contributed by atoms with van der Waals surface area (Å²) in [6.45, 7) is 3.22. The fourth-order valence-corrected chi connectivity index (χ4v) is 2.64. The minimum atomic E-state index is -0.475. The third-order valence-corrected chi connectivity index (χ3v) is 3.80. The van der Waals surface area contributed by atoms with E-state index in [-0.39, 0.29) is 10.4 Å². The van der Waals surface area contributed by atoms with E-state index < -0.39 is 5.82 Å². The number of nitrogens with zero attached hydrogens (tertiary/aromatic N) is 4. The van der Waals surface area contributed by atoms with Crippen molar-refractivity contribution in [1.29, 1.82) is 0 Å². The van der Waals surface area contributed by atoms with Crippen LogP contribution in [0.15, 0.2) is 30.9 Å². The molecule has 0 spiro atoms. The van der Waals surface area contributed by atoms with Crippen molar-refractivity contribution in [2.24, 2.45) is 0 Å². The Kier molecular flexibility index (Phi) is 3.87. The molecule has 0 amide bonds. The Morgan fingerprint density at radius 2 is 2.14 bits per heavy atom. The van der Waals surface area contributed by atoms with Crippen molar-refractivity contribution >= 4 is 34.2 Å². The van der Waals surface area contributed by atoms with Gasteiger partial charge in [-0.2, -0.15) is 0 Å². The molecule has 1 aromatic carbocycles. The number of hydrogen-bond acceptors (Lipinski definition) is 2. The third-order valence-electron chi connectivity index (χ3n) is 3.32. The zero-order valence-electron chi connectivity index (χ0n) is 11.3. The zero-order valence-corrected chi connectivity index (χ0v) is 12.8. The zero-order chi connectivity index (χ0) is 15.0. The summed E-state index contributed by atoms with van der Waals surface area (Å²) in [6, 6.07) is 2.93. The highest BCUT2D eigenvalue weighted by molar-refractivity contribution is 6.31. The topological polar surface area (TPSA) is 35.6 Å². The lowest BCUT2D eigenvalue weighted by atomic mass is 10.3. The van der Waals surface area contributed by atoms with E-state index in [2.05, 4.69) is 9.97 Å². The summed E-state index contributed by atoms with van der Waals surface area (Å²) >= 11 is 12.1. The molecule has 3 aromatic rings. The van der Waals surface area contributed by atoms with Gasteiger partial charge in [0.05, 0.1) is 27.8 Å². The van der Waals surface area contributed by atoms with Gasteiger partial charge in [0.1, 0.15) is 11.6 Å². The SMILES string of the molecule is CC(Cl)c1nc2cc(F)c(Cl)cc2n1CCn1ccnc1. The van der Waals surface area contributed by atoms with E-state index in [9.17, 15) is 4.39 Å². The molecule has 7 heteroatoms. The van der Waals surface area contributed by atoms with E-state index in [1.807, 2.05) is 22.3 Å². The molecule has 0 N–H and O–H groups in total. The van der Waals surface area contributed by atoms with Crippen LogP contribution in [-0.2, 0) is 13.1 Å². The number of rotatable bonds is 4. The van der Waals surface area contributed by atoms with Gasteiger partial charge in [-0.25, -0.2) is 14.4 Å². The number of hydrogen-bond donors (Lipinski definition) is 0. The van der Waals surface area contributed by atoms with E-state index in [1.54, 1.807) is 18.6 Å². The molecule has 0 aliphatic carbocycles. The molecule has 110 valence electrons. The Morgan fingerprint density at radius 1 is 1.33 bits per heavy atom. The average Bonchev–Trinajstić information content (AvgIpc) is 3.05. The molecular formula is C14H13Cl2FN4. The van der Waals surface area contributed by atoms with Gasteiger partial charge in [0.25, 0.3) is 0 Å².